The summed E-state index contributed by atoms with van der Waals surface area (Å²) < 4.78 is 46.1. The molecule has 0 unspecified atom stereocenters. The molecule has 0 radical (unpaired) electrons. The number of rotatable bonds is 4. The third-order valence-corrected chi connectivity index (χ3v) is 7.54. The Hall–Kier alpha value is -3.25. The van der Waals surface area contributed by atoms with Gasteiger partial charge < -0.3 is 5.73 Å². The van der Waals surface area contributed by atoms with Gasteiger partial charge >= 0.3 is 6.18 Å². The molecule has 40 heavy (non-hydrogen) atoms. The van der Waals surface area contributed by atoms with Gasteiger partial charge in [0.2, 0.25) is 0 Å². The standard InChI is InChI=1S/C27H27F3N8.2ClH/c1-15-20(21-12-32-36(3)16(21)2)7-4-17-5-8-22(33-24(15)17)26-35-34-23-9-6-18(13-38(23)26)25(27(28,29)30)37-11-10-19(31)14-37;;/h4-9,12-13,19,25H,10-11,14,31H2,1-3H3;2*1H/t19-,25+;;/m0../s1. The predicted octanol–water partition coefficient (Wildman–Crippen LogP) is 5.44. The third-order valence-electron chi connectivity index (χ3n) is 7.54. The summed E-state index contributed by atoms with van der Waals surface area (Å²) in [6.45, 7) is 4.51. The van der Waals surface area contributed by atoms with Crippen LogP contribution in [-0.4, -0.2) is 59.6 Å². The highest BCUT2D eigenvalue weighted by molar-refractivity contribution is 5.90. The Bertz CT molecular complexity index is 1680. The van der Waals surface area contributed by atoms with Gasteiger partial charge in [0.25, 0.3) is 0 Å². The van der Waals surface area contributed by atoms with E-state index in [1.165, 1.54) is 17.2 Å². The first-order valence-electron chi connectivity index (χ1n) is 12.4. The van der Waals surface area contributed by atoms with Crippen LogP contribution in [0.1, 0.15) is 29.3 Å². The highest BCUT2D eigenvalue weighted by atomic mass is 35.5. The van der Waals surface area contributed by atoms with Crippen molar-refractivity contribution in [3.8, 4) is 22.6 Å². The van der Waals surface area contributed by atoms with Crippen LogP contribution in [0.5, 0.6) is 0 Å². The molecule has 0 aliphatic carbocycles. The van der Waals surface area contributed by atoms with Crippen LogP contribution >= 0.6 is 24.8 Å². The molecule has 0 spiro atoms. The van der Waals surface area contributed by atoms with Crippen molar-refractivity contribution in [2.45, 2.75) is 38.5 Å². The minimum Gasteiger partial charge on any atom is -0.326 e. The van der Waals surface area contributed by atoms with E-state index in [0.29, 0.717) is 30.1 Å². The number of fused-ring (bicyclic) bond motifs is 2. The van der Waals surface area contributed by atoms with Crippen LogP contribution < -0.4 is 5.73 Å². The molecular formula is C27H29Cl2F3N8. The lowest BCUT2D eigenvalue weighted by molar-refractivity contribution is -0.183. The van der Waals surface area contributed by atoms with Crippen molar-refractivity contribution in [1.82, 2.24) is 34.3 Å². The Morgan fingerprint density at radius 2 is 1.75 bits per heavy atom. The average molecular weight is 593 g/mol. The summed E-state index contributed by atoms with van der Waals surface area (Å²) in [5.41, 5.74) is 11.9. The molecule has 1 aliphatic heterocycles. The van der Waals surface area contributed by atoms with Gasteiger partial charge in [-0.3, -0.25) is 14.0 Å². The number of likely N-dealkylation sites (tertiary alicyclic amines) is 1. The molecule has 5 heterocycles. The molecule has 2 N–H and O–H groups in total. The molecule has 5 aromatic rings. The fourth-order valence-corrected chi connectivity index (χ4v) is 5.41. The maximum absolute atomic E-state index is 14.2. The summed E-state index contributed by atoms with van der Waals surface area (Å²) in [5.74, 6) is 0.380. The Kier molecular flexibility index (Phi) is 8.15. The molecule has 0 bridgehead atoms. The van der Waals surface area contributed by atoms with Crippen LogP contribution in [0.25, 0.3) is 39.2 Å². The second-order valence-electron chi connectivity index (χ2n) is 9.98. The molecular weight excluding hydrogens is 564 g/mol. The first kappa shape index (κ1) is 29.7. The first-order chi connectivity index (χ1) is 18.1. The Balaban J connectivity index is 0.00000185. The summed E-state index contributed by atoms with van der Waals surface area (Å²) in [4.78, 5) is 6.30. The van der Waals surface area contributed by atoms with Crippen molar-refractivity contribution >= 4 is 41.4 Å². The molecule has 6 rings (SSSR count). The molecule has 8 nitrogen and oxygen atoms in total. The van der Waals surface area contributed by atoms with Crippen LogP contribution in [0.15, 0.2) is 48.8 Å². The van der Waals surface area contributed by atoms with E-state index >= 15 is 0 Å². The monoisotopic (exact) mass is 592 g/mol. The molecule has 1 fully saturated rings. The number of alkyl halides is 3. The van der Waals surface area contributed by atoms with Gasteiger partial charge in [-0.15, -0.1) is 35.0 Å². The summed E-state index contributed by atoms with van der Waals surface area (Å²) in [6, 6.07) is 8.85. The number of nitrogens with two attached hydrogens (primary N) is 1. The maximum atomic E-state index is 14.2. The van der Waals surface area contributed by atoms with Crippen molar-refractivity contribution in [3.05, 3.63) is 65.6 Å². The SMILES string of the molecule is Cc1c(-c2cnn(C)c2C)ccc2ccc(-c3nnc4ccc([C@@H](N5CC[C@H](N)C5)C(F)(F)F)cn34)nc12.Cl.Cl. The van der Waals surface area contributed by atoms with Gasteiger partial charge in [-0.05, 0) is 49.1 Å². The highest BCUT2D eigenvalue weighted by Gasteiger charge is 2.46. The molecule has 4 aromatic heterocycles. The van der Waals surface area contributed by atoms with Crippen molar-refractivity contribution in [3.63, 3.8) is 0 Å². The van der Waals surface area contributed by atoms with E-state index in [-0.39, 0.29) is 43.0 Å². The van der Waals surface area contributed by atoms with Gasteiger partial charge in [0.05, 0.1) is 11.7 Å². The van der Waals surface area contributed by atoms with Crippen molar-refractivity contribution < 1.29 is 13.2 Å². The number of benzene rings is 1. The first-order valence-corrected chi connectivity index (χ1v) is 12.4. The number of aromatic nitrogens is 6. The predicted molar refractivity (Wildman–Crippen MR) is 153 cm³/mol. The minimum absolute atomic E-state index is 0. The second kappa shape index (κ2) is 11.0. The maximum Gasteiger partial charge on any atom is 0.408 e. The largest absolute Gasteiger partial charge is 0.408 e. The summed E-state index contributed by atoms with van der Waals surface area (Å²) in [6.07, 6.45) is -0.606. The smallest absolute Gasteiger partial charge is 0.326 e. The third kappa shape index (κ3) is 5.03. The number of halogens is 5. The minimum atomic E-state index is -4.45. The van der Waals surface area contributed by atoms with Gasteiger partial charge in [0.15, 0.2) is 11.5 Å². The molecule has 0 amide bonds. The van der Waals surface area contributed by atoms with Gasteiger partial charge in [0, 0.05) is 49.0 Å². The normalized spacial score (nSPS) is 16.7. The number of pyridine rings is 2. The van der Waals surface area contributed by atoms with Crippen LogP contribution in [0.2, 0.25) is 0 Å². The number of hydrogen-bond acceptors (Lipinski definition) is 6. The Morgan fingerprint density at radius 1 is 1.00 bits per heavy atom. The van der Waals surface area contributed by atoms with Gasteiger partial charge in [0.1, 0.15) is 11.7 Å². The number of hydrogen-bond donors (Lipinski definition) is 1. The van der Waals surface area contributed by atoms with Gasteiger partial charge in [-0.25, -0.2) is 4.98 Å². The topological polar surface area (TPSA) is 90.2 Å². The summed E-state index contributed by atoms with van der Waals surface area (Å²) >= 11 is 0. The van der Waals surface area contributed by atoms with E-state index in [2.05, 4.69) is 21.4 Å². The second-order valence-corrected chi connectivity index (χ2v) is 9.98. The van der Waals surface area contributed by atoms with Crippen LogP contribution in [0.4, 0.5) is 13.2 Å². The molecule has 1 aliphatic rings. The fraction of sp³-hybridized carbons (Fsp3) is 0.333. The molecule has 13 heteroatoms. The summed E-state index contributed by atoms with van der Waals surface area (Å²) in [7, 11) is 1.90. The van der Waals surface area contributed by atoms with Crippen molar-refractivity contribution in [2.24, 2.45) is 12.8 Å². The highest BCUT2D eigenvalue weighted by Crippen LogP contribution is 2.40. The van der Waals surface area contributed by atoms with Crippen LogP contribution in [-0.2, 0) is 7.05 Å². The number of nitrogens with zero attached hydrogens (tertiary/aromatic N) is 7. The zero-order valence-corrected chi connectivity index (χ0v) is 23.7. The van der Waals surface area contributed by atoms with Crippen molar-refractivity contribution in [2.75, 3.05) is 13.1 Å². The molecule has 212 valence electrons. The lowest BCUT2D eigenvalue weighted by Gasteiger charge is -2.30. The Morgan fingerprint density at radius 3 is 2.40 bits per heavy atom. The zero-order chi connectivity index (χ0) is 26.8. The Labute approximate surface area is 241 Å². The lowest BCUT2D eigenvalue weighted by Crippen LogP contribution is -2.38. The van der Waals surface area contributed by atoms with E-state index in [1.807, 2.05) is 50.0 Å². The summed E-state index contributed by atoms with van der Waals surface area (Å²) in [5, 5.41) is 13.8. The average Bonchev–Trinajstić information content (AvgIpc) is 3.58. The number of aryl methyl sites for hydroxylation is 2. The van der Waals surface area contributed by atoms with Gasteiger partial charge in [-0.1, -0.05) is 24.3 Å². The molecule has 2 atom stereocenters. The van der Waals surface area contributed by atoms with Crippen molar-refractivity contribution in [1.29, 1.82) is 0 Å². The van der Waals surface area contributed by atoms with Crippen LogP contribution in [0, 0.1) is 13.8 Å². The zero-order valence-electron chi connectivity index (χ0n) is 22.1. The lowest BCUT2D eigenvalue weighted by atomic mass is 9.98. The van der Waals surface area contributed by atoms with E-state index in [0.717, 1.165) is 33.3 Å². The molecule has 0 saturated carbocycles. The van der Waals surface area contributed by atoms with Crippen LogP contribution in [0.3, 0.4) is 0 Å². The van der Waals surface area contributed by atoms with E-state index < -0.39 is 12.2 Å². The quantitative estimate of drug-likeness (QED) is 0.299. The molecule has 1 saturated heterocycles. The van der Waals surface area contributed by atoms with E-state index in [9.17, 15) is 13.2 Å². The van der Waals surface area contributed by atoms with E-state index in [1.54, 1.807) is 10.5 Å². The van der Waals surface area contributed by atoms with Gasteiger partial charge in [-0.2, -0.15) is 18.3 Å². The van der Waals surface area contributed by atoms with E-state index in [4.69, 9.17) is 10.7 Å². The molecule has 1 aromatic carbocycles. The fourth-order valence-electron chi connectivity index (χ4n) is 5.41.